The van der Waals surface area contributed by atoms with Crippen LogP contribution in [0.25, 0.3) is 0 Å². The van der Waals surface area contributed by atoms with Crippen molar-refractivity contribution in [3.63, 3.8) is 0 Å². The van der Waals surface area contributed by atoms with Crippen LogP contribution in [-0.4, -0.2) is 11.8 Å². The van der Waals surface area contributed by atoms with Crippen LogP contribution in [0.3, 0.4) is 0 Å². The van der Waals surface area contributed by atoms with Crippen LogP contribution < -0.4 is 10.9 Å². The summed E-state index contributed by atoms with van der Waals surface area (Å²) in [5.41, 5.74) is 5.19. The third-order valence-corrected chi connectivity index (χ3v) is 5.77. The molecule has 0 radical (unpaired) electrons. The fourth-order valence-electron chi connectivity index (χ4n) is 5.09. The Kier molecular flexibility index (Phi) is 2.45. The largest absolute Gasteiger partial charge is 0.273 e. The summed E-state index contributed by atoms with van der Waals surface area (Å²) < 4.78 is 0. The molecule has 0 atom stereocenters. The highest BCUT2D eigenvalue weighted by atomic mass is 16.2. The monoisotopic (exact) mass is 262 g/mol. The summed E-state index contributed by atoms with van der Waals surface area (Å²) in [7, 11) is 0. The first kappa shape index (κ1) is 11.7. The van der Waals surface area contributed by atoms with Gasteiger partial charge in [-0.05, 0) is 69.1 Å². The van der Waals surface area contributed by atoms with Crippen molar-refractivity contribution < 1.29 is 9.59 Å². The van der Waals surface area contributed by atoms with Crippen LogP contribution in [0.1, 0.15) is 51.4 Å². The maximum absolute atomic E-state index is 12.5. The molecule has 19 heavy (non-hydrogen) atoms. The van der Waals surface area contributed by atoms with E-state index in [0.717, 1.165) is 49.9 Å². The van der Waals surface area contributed by atoms with E-state index in [-0.39, 0.29) is 23.1 Å². The van der Waals surface area contributed by atoms with Gasteiger partial charge in [0.1, 0.15) is 0 Å². The molecule has 4 heteroatoms. The molecule has 4 bridgehead atoms. The predicted octanol–water partition coefficient (Wildman–Crippen LogP) is 1.76. The minimum absolute atomic E-state index is 0.00178. The molecule has 104 valence electrons. The van der Waals surface area contributed by atoms with Gasteiger partial charge in [0.05, 0.1) is 5.41 Å². The van der Waals surface area contributed by atoms with E-state index < -0.39 is 0 Å². The molecule has 5 fully saturated rings. The minimum atomic E-state index is -0.161. The quantitative estimate of drug-likeness (QED) is 0.745. The van der Waals surface area contributed by atoms with E-state index in [1.807, 2.05) is 0 Å². The Labute approximate surface area is 113 Å². The number of nitrogens with one attached hydrogen (secondary N) is 2. The summed E-state index contributed by atoms with van der Waals surface area (Å²) in [5.74, 6) is 2.51. The lowest BCUT2D eigenvalue weighted by atomic mass is 9.49. The molecule has 5 aliphatic carbocycles. The van der Waals surface area contributed by atoms with Gasteiger partial charge in [0, 0.05) is 5.92 Å². The van der Waals surface area contributed by atoms with Crippen molar-refractivity contribution in [3.05, 3.63) is 0 Å². The highest BCUT2D eigenvalue weighted by Gasteiger charge is 2.54. The summed E-state index contributed by atoms with van der Waals surface area (Å²) >= 11 is 0. The summed E-state index contributed by atoms with van der Waals surface area (Å²) in [4.78, 5) is 24.1. The Morgan fingerprint density at radius 3 is 1.84 bits per heavy atom. The highest BCUT2D eigenvalue weighted by Crippen LogP contribution is 2.60. The SMILES string of the molecule is O=C(NNC(=O)C12CC3CC(CC(C3)C1)C2)C1CC1. The number of hydrogen-bond donors (Lipinski definition) is 2. The van der Waals surface area contributed by atoms with Crippen molar-refractivity contribution in [2.45, 2.75) is 51.4 Å². The fourth-order valence-corrected chi connectivity index (χ4v) is 5.09. The first-order valence-electron chi connectivity index (χ1n) is 7.75. The number of hydrazine groups is 1. The van der Waals surface area contributed by atoms with E-state index in [1.54, 1.807) is 0 Å². The molecule has 0 aromatic rings. The van der Waals surface area contributed by atoms with Gasteiger partial charge in [-0.2, -0.15) is 0 Å². The van der Waals surface area contributed by atoms with E-state index >= 15 is 0 Å². The van der Waals surface area contributed by atoms with Gasteiger partial charge in [-0.25, -0.2) is 0 Å². The molecule has 0 spiro atoms. The normalized spacial score (nSPS) is 43.1. The van der Waals surface area contributed by atoms with Crippen molar-refractivity contribution >= 4 is 11.8 Å². The number of carbonyl (C=O) groups is 2. The van der Waals surface area contributed by atoms with Crippen LogP contribution in [0.2, 0.25) is 0 Å². The fraction of sp³-hybridized carbons (Fsp3) is 0.867. The Bertz CT molecular complexity index is 393. The molecule has 5 saturated carbocycles. The van der Waals surface area contributed by atoms with Gasteiger partial charge in [-0.1, -0.05) is 0 Å². The van der Waals surface area contributed by atoms with E-state index in [9.17, 15) is 9.59 Å². The zero-order valence-electron chi connectivity index (χ0n) is 11.3. The molecule has 2 amide bonds. The predicted molar refractivity (Wildman–Crippen MR) is 69.6 cm³/mol. The number of amides is 2. The molecular formula is C15H22N2O2. The van der Waals surface area contributed by atoms with Crippen molar-refractivity contribution in [2.24, 2.45) is 29.1 Å². The molecule has 0 aromatic carbocycles. The number of rotatable bonds is 2. The molecule has 0 aromatic heterocycles. The second-order valence-electron chi connectivity index (χ2n) is 7.42. The van der Waals surface area contributed by atoms with Crippen LogP contribution in [0, 0.1) is 29.1 Å². The molecular weight excluding hydrogens is 240 g/mol. The van der Waals surface area contributed by atoms with Crippen LogP contribution in [-0.2, 0) is 9.59 Å². The third-order valence-electron chi connectivity index (χ3n) is 5.77. The van der Waals surface area contributed by atoms with E-state index in [1.165, 1.54) is 19.3 Å². The summed E-state index contributed by atoms with van der Waals surface area (Å²) in [6.07, 6.45) is 9.08. The summed E-state index contributed by atoms with van der Waals surface area (Å²) in [5, 5.41) is 0. The smallest absolute Gasteiger partial charge is 0.244 e. The first-order chi connectivity index (χ1) is 9.14. The van der Waals surface area contributed by atoms with E-state index in [0.29, 0.717) is 0 Å². The summed E-state index contributed by atoms with van der Waals surface area (Å²) in [6.45, 7) is 0. The lowest BCUT2D eigenvalue weighted by molar-refractivity contribution is -0.149. The summed E-state index contributed by atoms with van der Waals surface area (Å²) in [6, 6.07) is 0. The lowest BCUT2D eigenvalue weighted by Crippen LogP contribution is -2.56. The first-order valence-corrected chi connectivity index (χ1v) is 7.75. The third kappa shape index (κ3) is 1.96. The zero-order chi connectivity index (χ0) is 13.0. The van der Waals surface area contributed by atoms with Crippen molar-refractivity contribution in [1.29, 1.82) is 0 Å². The number of carbonyl (C=O) groups excluding carboxylic acids is 2. The van der Waals surface area contributed by atoms with E-state index in [4.69, 9.17) is 0 Å². The molecule has 4 nitrogen and oxygen atoms in total. The van der Waals surface area contributed by atoms with Gasteiger partial charge in [0.2, 0.25) is 11.8 Å². The van der Waals surface area contributed by atoms with Gasteiger partial charge in [-0.15, -0.1) is 0 Å². The zero-order valence-corrected chi connectivity index (χ0v) is 11.3. The minimum Gasteiger partial charge on any atom is -0.273 e. The average molecular weight is 262 g/mol. The molecule has 0 heterocycles. The molecule has 5 aliphatic rings. The van der Waals surface area contributed by atoms with Gasteiger partial charge in [0.25, 0.3) is 0 Å². The second-order valence-corrected chi connectivity index (χ2v) is 7.42. The number of hydrogen-bond acceptors (Lipinski definition) is 2. The Morgan fingerprint density at radius 2 is 1.37 bits per heavy atom. The Hall–Kier alpha value is -1.06. The Morgan fingerprint density at radius 1 is 0.842 bits per heavy atom. The molecule has 2 N–H and O–H groups in total. The second kappa shape index (κ2) is 3.97. The van der Waals surface area contributed by atoms with Gasteiger partial charge >= 0.3 is 0 Å². The average Bonchev–Trinajstić information content (AvgIpc) is 3.18. The lowest BCUT2D eigenvalue weighted by Gasteiger charge is -2.55. The molecule has 5 rings (SSSR count). The highest BCUT2D eigenvalue weighted by molar-refractivity contribution is 5.87. The van der Waals surface area contributed by atoms with Crippen LogP contribution in [0.4, 0.5) is 0 Å². The van der Waals surface area contributed by atoms with Crippen LogP contribution >= 0.6 is 0 Å². The van der Waals surface area contributed by atoms with Gasteiger partial charge < -0.3 is 0 Å². The standard InChI is InChI=1S/C15H22N2O2/c18-13(12-1-2-12)16-17-14(19)15-6-9-3-10(7-15)5-11(4-9)8-15/h9-12H,1-8H2,(H,16,18)(H,17,19). The molecule has 0 unspecified atom stereocenters. The molecule has 0 saturated heterocycles. The van der Waals surface area contributed by atoms with Crippen LogP contribution in [0.5, 0.6) is 0 Å². The van der Waals surface area contributed by atoms with Crippen molar-refractivity contribution in [2.75, 3.05) is 0 Å². The van der Waals surface area contributed by atoms with Crippen LogP contribution in [0.15, 0.2) is 0 Å². The maximum atomic E-state index is 12.5. The Balaban J connectivity index is 1.42. The van der Waals surface area contributed by atoms with Crippen molar-refractivity contribution in [3.8, 4) is 0 Å². The van der Waals surface area contributed by atoms with Crippen molar-refractivity contribution in [1.82, 2.24) is 10.9 Å². The topological polar surface area (TPSA) is 58.2 Å². The van der Waals surface area contributed by atoms with Gasteiger partial charge in [-0.3, -0.25) is 20.4 Å². The van der Waals surface area contributed by atoms with E-state index in [2.05, 4.69) is 10.9 Å². The molecule has 0 aliphatic heterocycles. The van der Waals surface area contributed by atoms with Gasteiger partial charge in [0.15, 0.2) is 0 Å². The maximum Gasteiger partial charge on any atom is 0.244 e.